The van der Waals surface area contributed by atoms with E-state index in [4.69, 9.17) is 9.47 Å². The third-order valence-electron chi connectivity index (χ3n) is 2.76. The van der Waals surface area contributed by atoms with Crippen LogP contribution >= 0.6 is 0 Å². The van der Waals surface area contributed by atoms with Crippen LogP contribution in [0.1, 0.15) is 33.6 Å². The Morgan fingerprint density at radius 1 is 1.07 bits per heavy atom. The Morgan fingerprint density at radius 2 is 1.57 bits per heavy atom. The molecule has 0 heterocycles. The molecule has 0 aliphatic heterocycles. The minimum atomic E-state index is -0.149. The zero-order valence-corrected chi connectivity index (χ0v) is 10.2. The number of rotatable bonds is 8. The fourth-order valence-electron chi connectivity index (χ4n) is 1.53. The van der Waals surface area contributed by atoms with Gasteiger partial charge in [-0.25, -0.2) is 0 Å². The molecular formula is C11H25NO2. The fraction of sp³-hybridized carbons (Fsp3) is 1.00. The van der Waals surface area contributed by atoms with Crippen LogP contribution in [-0.2, 0) is 9.47 Å². The average molecular weight is 203 g/mol. The van der Waals surface area contributed by atoms with Gasteiger partial charge in [-0.05, 0) is 19.4 Å². The summed E-state index contributed by atoms with van der Waals surface area (Å²) in [6.07, 6.45) is 2.30. The van der Waals surface area contributed by atoms with E-state index in [1.807, 2.05) is 0 Å². The minimum Gasteiger partial charge on any atom is -0.354 e. The molecule has 1 N–H and O–H groups in total. The van der Waals surface area contributed by atoms with E-state index in [0.29, 0.717) is 0 Å². The van der Waals surface area contributed by atoms with E-state index >= 15 is 0 Å². The van der Waals surface area contributed by atoms with Gasteiger partial charge >= 0.3 is 0 Å². The fourth-order valence-corrected chi connectivity index (χ4v) is 1.53. The van der Waals surface area contributed by atoms with Gasteiger partial charge < -0.3 is 14.8 Å². The minimum absolute atomic E-state index is 0.149. The average Bonchev–Trinajstić information content (AvgIpc) is 2.21. The molecule has 0 saturated heterocycles. The summed E-state index contributed by atoms with van der Waals surface area (Å²) in [5.41, 5.74) is 0. The summed E-state index contributed by atoms with van der Waals surface area (Å²) in [5.74, 6) is 0.756. The Labute approximate surface area is 88.2 Å². The number of hydrogen-bond acceptors (Lipinski definition) is 3. The molecule has 14 heavy (non-hydrogen) atoms. The van der Waals surface area contributed by atoms with Gasteiger partial charge in [0.2, 0.25) is 0 Å². The van der Waals surface area contributed by atoms with Crippen LogP contribution < -0.4 is 5.32 Å². The molecule has 0 amide bonds. The van der Waals surface area contributed by atoms with Crippen molar-refractivity contribution in [2.24, 2.45) is 5.92 Å². The molecule has 0 radical (unpaired) electrons. The molecule has 0 rings (SSSR count). The van der Waals surface area contributed by atoms with Crippen LogP contribution in [0.3, 0.4) is 0 Å². The standard InChI is InChI=1S/C11H25NO2/c1-6-10(7-2)8-12-9(3)11(13-4)14-5/h9-12H,6-8H2,1-5H3. The van der Waals surface area contributed by atoms with E-state index in [1.54, 1.807) is 14.2 Å². The monoisotopic (exact) mass is 203 g/mol. The van der Waals surface area contributed by atoms with Crippen molar-refractivity contribution < 1.29 is 9.47 Å². The predicted octanol–water partition coefficient (Wildman–Crippen LogP) is 2.02. The molecule has 0 aromatic rings. The first kappa shape index (κ1) is 13.9. The summed E-state index contributed by atoms with van der Waals surface area (Å²) in [5, 5.41) is 3.44. The van der Waals surface area contributed by atoms with Crippen LogP contribution in [0.25, 0.3) is 0 Å². The highest BCUT2D eigenvalue weighted by atomic mass is 16.7. The van der Waals surface area contributed by atoms with Crippen molar-refractivity contribution in [1.29, 1.82) is 0 Å². The van der Waals surface area contributed by atoms with E-state index in [0.717, 1.165) is 12.5 Å². The molecule has 0 bridgehead atoms. The second-order valence-electron chi connectivity index (χ2n) is 3.72. The third kappa shape index (κ3) is 4.94. The highest BCUT2D eigenvalue weighted by Gasteiger charge is 2.15. The Morgan fingerprint density at radius 3 is 1.93 bits per heavy atom. The van der Waals surface area contributed by atoms with Gasteiger partial charge in [-0.2, -0.15) is 0 Å². The lowest BCUT2D eigenvalue weighted by Crippen LogP contribution is -2.41. The summed E-state index contributed by atoms with van der Waals surface area (Å²) in [6.45, 7) is 7.58. The zero-order chi connectivity index (χ0) is 11.0. The smallest absolute Gasteiger partial charge is 0.171 e. The quantitative estimate of drug-likeness (QED) is 0.612. The predicted molar refractivity (Wildman–Crippen MR) is 59.3 cm³/mol. The summed E-state index contributed by atoms with van der Waals surface area (Å²) in [6, 6.07) is 0.241. The second-order valence-corrected chi connectivity index (χ2v) is 3.72. The first-order valence-corrected chi connectivity index (χ1v) is 5.48. The van der Waals surface area contributed by atoms with E-state index in [9.17, 15) is 0 Å². The second kappa shape index (κ2) is 8.21. The third-order valence-corrected chi connectivity index (χ3v) is 2.76. The number of nitrogens with one attached hydrogen (secondary N) is 1. The van der Waals surface area contributed by atoms with Crippen molar-refractivity contribution in [3.63, 3.8) is 0 Å². The molecule has 86 valence electrons. The molecule has 0 spiro atoms. The zero-order valence-electron chi connectivity index (χ0n) is 10.2. The van der Waals surface area contributed by atoms with Crippen LogP contribution in [0.5, 0.6) is 0 Å². The van der Waals surface area contributed by atoms with Gasteiger partial charge in [0.1, 0.15) is 0 Å². The molecule has 0 fully saturated rings. The first-order valence-electron chi connectivity index (χ1n) is 5.48. The highest BCUT2D eigenvalue weighted by molar-refractivity contribution is 4.67. The summed E-state index contributed by atoms with van der Waals surface area (Å²) in [7, 11) is 3.34. The van der Waals surface area contributed by atoms with Crippen molar-refractivity contribution in [3.05, 3.63) is 0 Å². The van der Waals surface area contributed by atoms with Crippen LogP contribution in [0.15, 0.2) is 0 Å². The lowest BCUT2D eigenvalue weighted by atomic mass is 10.0. The van der Waals surface area contributed by atoms with Gasteiger partial charge in [-0.3, -0.25) is 0 Å². The summed E-state index contributed by atoms with van der Waals surface area (Å²) < 4.78 is 10.4. The lowest BCUT2D eigenvalue weighted by Gasteiger charge is -2.24. The van der Waals surface area contributed by atoms with Crippen molar-refractivity contribution >= 4 is 0 Å². The van der Waals surface area contributed by atoms with Crippen molar-refractivity contribution in [2.45, 2.75) is 45.9 Å². The van der Waals surface area contributed by atoms with Gasteiger partial charge in [0.25, 0.3) is 0 Å². The van der Waals surface area contributed by atoms with Crippen molar-refractivity contribution in [3.8, 4) is 0 Å². The maximum Gasteiger partial charge on any atom is 0.171 e. The Bertz CT molecular complexity index is 122. The Hall–Kier alpha value is -0.120. The van der Waals surface area contributed by atoms with Gasteiger partial charge in [-0.1, -0.05) is 26.7 Å². The number of hydrogen-bond donors (Lipinski definition) is 1. The maximum atomic E-state index is 5.18. The molecule has 0 aliphatic carbocycles. The Balaban J connectivity index is 3.75. The van der Waals surface area contributed by atoms with Crippen LogP contribution in [0.2, 0.25) is 0 Å². The topological polar surface area (TPSA) is 30.5 Å². The molecule has 1 unspecified atom stereocenters. The molecular weight excluding hydrogens is 178 g/mol. The van der Waals surface area contributed by atoms with E-state index in [-0.39, 0.29) is 12.3 Å². The SMILES string of the molecule is CCC(CC)CNC(C)C(OC)OC. The number of ether oxygens (including phenoxy) is 2. The molecule has 0 aromatic carbocycles. The van der Waals surface area contributed by atoms with Gasteiger partial charge in [0.15, 0.2) is 6.29 Å². The van der Waals surface area contributed by atoms with E-state index < -0.39 is 0 Å². The van der Waals surface area contributed by atoms with E-state index in [2.05, 4.69) is 26.1 Å². The summed E-state index contributed by atoms with van der Waals surface area (Å²) in [4.78, 5) is 0. The molecule has 0 aromatic heterocycles. The molecule has 3 heteroatoms. The molecule has 0 saturated carbocycles. The Kier molecular flexibility index (Phi) is 8.14. The van der Waals surface area contributed by atoms with Crippen LogP contribution in [-0.4, -0.2) is 33.1 Å². The number of methoxy groups -OCH3 is 2. The highest BCUT2D eigenvalue weighted by Crippen LogP contribution is 2.07. The lowest BCUT2D eigenvalue weighted by molar-refractivity contribution is -0.119. The molecule has 0 aliphatic rings. The maximum absolute atomic E-state index is 5.18. The van der Waals surface area contributed by atoms with Crippen LogP contribution in [0, 0.1) is 5.92 Å². The first-order chi connectivity index (χ1) is 6.69. The molecule has 1 atom stereocenters. The van der Waals surface area contributed by atoms with Crippen LogP contribution in [0.4, 0.5) is 0 Å². The summed E-state index contributed by atoms with van der Waals surface area (Å²) >= 11 is 0. The van der Waals surface area contributed by atoms with Crippen molar-refractivity contribution in [2.75, 3.05) is 20.8 Å². The van der Waals surface area contributed by atoms with Gasteiger partial charge in [0, 0.05) is 14.2 Å². The van der Waals surface area contributed by atoms with E-state index in [1.165, 1.54) is 12.8 Å². The van der Waals surface area contributed by atoms with Crippen molar-refractivity contribution in [1.82, 2.24) is 5.32 Å². The molecule has 3 nitrogen and oxygen atoms in total. The normalized spacial score (nSPS) is 13.9. The van der Waals surface area contributed by atoms with Gasteiger partial charge in [-0.15, -0.1) is 0 Å². The largest absolute Gasteiger partial charge is 0.354 e. The van der Waals surface area contributed by atoms with Gasteiger partial charge in [0.05, 0.1) is 6.04 Å².